The van der Waals surface area contributed by atoms with Crippen molar-refractivity contribution >= 4 is 15.9 Å². The summed E-state index contributed by atoms with van der Waals surface area (Å²) < 4.78 is 32.8. The van der Waals surface area contributed by atoms with Crippen LogP contribution in [0.25, 0.3) is 0 Å². The lowest BCUT2D eigenvalue weighted by molar-refractivity contribution is -0.130. The Morgan fingerprint density at radius 3 is 2.48 bits per heavy atom. The molecular weight excluding hydrogens is 364 g/mol. The van der Waals surface area contributed by atoms with E-state index < -0.39 is 10.0 Å². The van der Waals surface area contributed by atoms with Gasteiger partial charge in [0.2, 0.25) is 15.9 Å². The number of ether oxygens (including phenoxy) is 1. The van der Waals surface area contributed by atoms with Crippen LogP contribution in [0.3, 0.4) is 0 Å². The summed E-state index contributed by atoms with van der Waals surface area (Å²) in [7, 11) is -1.95. The second-order valence-corrected chi connectivity index (χ2v) is 8.13. The van der Waals surface area contributed by atoms with Gasteiger partial charge in [-0.05, 0) is 37.6 Å². The number of amides is 1. The quantitative estimate of drug-likeness (QED) is 0.714. The molecule has 0 bridgehead atoms. The Labute approximate surface area is 161 Å². The first-order chi connectivity index (χ1) is 12.8. The molecular formula is C20H26N2O4S. The van der Waals surface area contributed by atoms with Gasteiger partial charge in [-0.15, -0.1) is 0 Å². The summed E-state index contributed by atoms with van der Waals surface area (Å²) >= 11 is 0. The van der Waals surface area contributed by atoms with Crippen LogP contribution in [0.5, 0.6) is 5.75 Å². The van der Waals surface area contributed by atoms with Crippen molar-refractivity contribution in [3.05, 3.63) is 59.7 Å². The van der Waals surface area contributed by atoms with E-state index in [1.165, 1.54) is 4.90 Å². The molecule has 0 aliphatic carbocycles. The van der Waals surface area contributed by atoms with E-state index in [1.54, 1.807) is 26.1 Å². The molecule has 0 saturated carbocycles. The van der Waals surface area contributed by atoms with Crippen molar-refractivity contribution in [3.63, 3.8) is 0 Å². The fraction of sp³-hybridized carbons (Fsp3) is 0.350. The third-order valence-electron chi connectivity index (χ3n) is 4.12. The molecule has 0 saturated heterocycles. The standard InChI is InChI=1S/C20H26N2O4S/c1-16-9-10-19(17(2)15-16)27(24,25)21-12-11-20(23)22(3)13-14-26-18-7-5-4-6-8-18/h4-10,15,21H,11-14H2,1-3H3. The van der Waals surface area contributed by atoms with E-state index in [0.717, 1.165) is 11.3 Å². The zero-order chi connectivity index (χ0) is 19.9. The molecule has 0 fully saturated rings. The van der Waals surface area contributed by atoms with Gasteiger partial charge in [0.15, 0.2) is 0 Å². The summed E-state index contributed by atoms with van der Waals surface area (Å²) in [6.45, 7) is 4.52. The molecule has 0 heterocycles. The average Bonchev–Trinajstić information content (AvgIpc) is 2.62. The molecule has 27 heavy (non-hydrogen) atoms. The van der Waals surface area contributed by atoms with Gasteiger partial charge in [-0.3, -0.25) is 4.79 Å². The van der Waals surface area contributed by atoms with Crippen molar-refractivity contribution in [2.24, 2.45) is 0 Å². The Morgan fingerprint density at radius 1 is 1.11 bits per heavy atom. The average molecular weight is 391 g/mol. The van der Waals surface area contributed by atoms with Crippen LogP contribution in [-0.2, 0) is 14.8 Å². The van der Waals surface area contributed by atoms with Gasteiger partial charge in [0.1, 0.15) is 12.4 Å². The Balaban J connectivity index is 1.77. The molecule has 0 aromatic heterocycles. The van der Waals surface area contributed by atoms with Crippen LogP contribution < -0.4 is 9.46 Å². The van der Waals surface area contributed by atoms with Gasteiger partial charge in [0.25, 0.3) is 0 Å². The highest BCUT2D eigenvalue weighted by molar-refractivity contribution is 7.89. The van der Waals surface area contributed by atoms with Gasteiger partial charge in [-0.1, -0.05) is 35.9 Å². The van der Waals surface area contributed by atoms with Crippen LogP contribution >= 0.6 is 0 Å². The minimum absolute atomic E-state index is 0.0539. The predicted octanol–water partition coefficient (Wildman–Crippen LogP) is 2.51. The van der Waals surface area contributed by atoms with Crippen molar-refractivity contribution in [2.45, 2.75) is 25.2 Å². The molecule has 0 atom stereocenters. The zero-order valence-electron chi connectivity index (χ0n) is 15.9. The van der Waals surface area contributed by atoms with Gasteiger partial charge < -0.3 is 9.64 Å². The summed E-state index contributed by atoms with van der Waals surface area (Å²) in [5, 5.41) is 0. The maximum Gasteiger partial charge on any atom is 0.240 e. The zero-order valence-corrected chi connectivity index (χ0v) is 16.8. The monoisotopic (exact) mass is 390 g/mol. The number of hydrogen-bond donors (Lipinski definition) is 1. The summed E-state index contributed by atoms with van der Waals surface area (Å²) in [5.74, 6) is 0.606. The second-order valence-electron chi connectivity index (χ2n) is 6.39. The molecule has 2 aromatic carbocycles. The van der Waals surface area contributed by atoms with Crippen molar-refractivity contribution in [3.8, 4) is 5.75 Å². The van der Waals surface area contributed by atoms with E-state index in [2.05, 4.69) is 4.72 Å². The number of nitrogens with one attached hydrogen (secondary N) is 1. The molecule has 1 amide bonds. The van der Waals surface area contributed by atoms with E-state index in [-0.39, 0.29) is 23.8 Å². The number of carbonyl (C=O) groups excluding carboxylic acids is 1. The van der Waals surface area contributed by atoms with Crippen LogP contribution in [0.15, 0.2) is 53.4 Å². The van der Waals surface area contributed by atoms with E-state index in [4.69, 9.17) is 4.74 Å². The Kier molecular flexibility index (Phi) is 7.38. The van der Waals surface area contributed by atoms with E-state index in [1.807, 2.05) is 43.3 Å². The maximum atomic E-state index is 12.4. The largest absolute Gasteiger partial charge is 0.492 e. The summed E-state index contributed by atoms with van der Waals surface area (Å²) in [6, 6.07) is 14.5. The normalized spacial score (nSPS) is 11.2. The number of hydrogen-bond acceptors (Lipinski definition) is 4. The maximum absolute atomic E-state index is 12.4. The molecule has 2 rings (SSSR count). The Morgan fingerprint density at radius 2 is 1.81 bits per heavy atom. The van der Waals surface area contributed by atoms with Gasteiger partial charge >= 0.3 is 0 Å². The van der Waals surface area contributed by atoms with Gasteiger partial charge in [0, 0.05) is 20.0 Å². The summed E-state index contributed by atoms with van der Waals surface area (Å²) in [4.78, 5) is 13.9. The first kappa shape index (κ1) is 20.9. The van der Waals surface area contributed by atoms with Gasteiger partial charge in [0.05, 0.1) is 11.4 Å². The first-order valence-corrected chi connectivity index (χ1v) is 10.3. The Bertz CT molecular complexity index is 867. The number of benzene rings is 2. The highest BCUT2D eigenvalue weighted by Gasteiger charge is 2.17. The van der Waals surface area contributed by atoms with Gasteiger partial charge in [-0.25, -0.2) is 13.1 Å². The van der Waals surface area contributed by atoms with Crippen LogP contribution in [0.2, 0.25) is 0 Å². The number of sulfonamides is 1. The Hall–Kier alpha value is -2.38. The van der Waals surface area contributed by atoms with Crippen molar-refractivity contribution in [1.82, 2.24) is 9.62 Å². The lowest BCUT2D eigenvalue weighted by atomic mass is 10.2. The number of rotatable bonds is 9. The third-order valence-corrected chi connectivity index (χ3v) is 5.74. The van der Waals surface area contributed by atoms with Crippen LogP contribution in [0.4, 0.5) is 0 Å². The molecule has 0 radical (unpaired) electrons. The van der Waals surface area contributed by atoms with Crippen molar-refractivity contribution in [1.29, 1.82) is 0 Å². The lowest BCUT2D eigenvalue weighted by Crippen LogP contribution is -2.34. The van der Waals surface area contributed by atoms with E-state index in [9.17, 15) is 13.2 Å². The first-order valence-electron chi connectivity index (χ1n) is 8.78. The number of nitrogens with zero attached hydrogens (tertiary/aromatic N) is 1. The topological polar surface area (TPSA) is 75.7 Å². The van der Waals surface area contributed by atoms with Crippen LogP contribution in [-0.4, -0.2) is 46.0 Å². The predicted molar refractivity (Wildman–Crippen MR) is 105 cm³/mol. The number of aryl methyl sites for hydroxylation is 2. The van der Waals surface area contributed by atoms with E-state index in [0.29, 0.717) is 18.7 Å². The second kappa shape index (κ2) is 9.53. The highest BCUT2D eigenvalue weighted by Crippen LogP contribution is 2.16. The van der Waals surface area contributed by atoms with Gasteiger partial charge in [-0.2, -0.15) is 0 Å². The molecule has 0 aliphatic rings. The van der Waals surface area contributed by atoms with Crippen LogP contribution in [0.1, 0.15) is 17.5 Å². The molecule has 0 unspecified atom stereocenters. The number of carbonyl (C=O) groups is 1. The number of para-hydroxylation sites is 1. The molecule has 0 aliphatic heterocycles. The molecule has 7 heteroatoms. The summed E-state index contributed by atoms with van der Waals surface area (Å²) in [5.41, 5.74) is 1.69. The third kappa shape index (κ3) is 6.37. The molecule has 2 aromatic rings. The molecule has 0 spiro atoms. The minimum atomic E-state index is -3.63. The summed E-state index contributed by atoms with van der Waals surface area (Å²) in [6.07, 6.45) is 0.0893. The van der Waals surface area contributed by atoms with Crippen molar-refractivity contribution in [2.75, 3.05) is 26.7 Å². The molecule has 1 N–H and O–H groups in total. The minimum Gasteiger partial charge on any atom is -0.492 e. The van der Waals surface area contributed by atoms with Crippen LogP contribution in [0, 0.1) is 13.8 Å². The lowest BCUT2D eigenvalue weighted by Gasteiger charge is -2.18. The molecule has 6 nitrogen and oxygen atoms in total. The van der Waals surface area contributed by atoms with E-state index >= 15 is 0 Å². The fourth-order valence-electron chi connectivity index (χ4n) is 2.60. The van der Waals surface area contributed by atoms with Crippen molar-refractivity contribution < 1.29 is 17.9 Å². The smallest absolute Gasteiger partial charge is 0.240 e. The SMILES string of the molecule is Cc1ccc(S(=O)(=O)NCCC(=O)N(C)CCOc2ccccc2)c(C)c1. The molecule has 146 valence electrons. The fourth-order valence-corrected chi connectivity index (χ4v) is 3.86. The highest BCUT2D eigenvalue weighted by atomic mass is 32.2. The number of likely N-dealkylation sites (N-methyl/N-ethyl adjacent to an activating group) is 1.